The molecule has 74 valence electrons. The molecule has 0 aliphatic rings. The molecule has 4 nitrogen and oxygen atoms in total. The maximum absolute atomic E-state index is 11.0. The highest BCUT2D eigenvalue weighted by Crippen LogP contribution is 2.09. The highest BCUT2D eigenvalue weighted by molar-refractivity contribution is 7.90. The summed E-state index contributed by atoms with van der Waals surface area (Å²) in [5.74, 6) is 0.655. The predicted octanol–water partition coefficient (Wildman–Crippen LogP) is 0.949. The van der Waals surface area contributed by atoms with Crippen LogP contribution in [0.4, 0.5) is 5.82 Å². The second-order valence-electron chi connectivity index (χ2n) is 2.40. The fourth-order valence-electron chi connectivity index (χ4n) is 0.748. The molecule has 0 spiro atoms. The van der Waals surface area contributed by atoms with Crippen molar-refractivity contribution in [3.8, 4) is 0 Å². The average molecular weight is 223 g/mol. The molecule has 1 heterocycles. The molecule has 1 aromatic heterocycles. The van der Waals surface area contributed by atoms with E-state index in [0.29, 0.717) is 5.82 Å². The Morgan fingerprint density at radius 3 is 2.31 bits per heavy atom. The molecule has 0 bridgehead atoms. The monoisotopic (exact) mass is 222 g/mol. The Bertz CT molecular complexity index is 361. The number of hydrogen-bond donors (Lipinski definition) is 1. The van der Waals surface area contributed by atoms with Crippen LogP contribution in [0, 0.1) is 0 Å². The van der Waals surface area contributed by atoms with Crippen molar-refractivity contribution < 1.29 is 8.42 Å². The van der Waals surface area contributed by atoms with E-state index in [2.05, 4.69) is 10.3 Å². The molecule has 0 aliphatic carbocycles. The second-order valence-corrected chi connectivity index (χ2v) is 4.42. The summed E-state index contributed by atoms with van der Waals surface area (Å²) in [6.45, 7) is 0. The third kappa shape index (κ3) is 3.20. The Kier molecular flexibility index (Phi) is 4.16. The average Bonchev–Trinajstić information content (AvgIpc) is 2.03. The first-order valence-electron chi connectivity index (χ1n) is 3.38. The molecular formula is C7H11ClN2O2S. The minimum atomic E-state index is -3.12. The van der Waals surface area contributed by atoms with Crippen molar-refractivity contribution in [2.75, 3.05) is 18.6 Å². The fraction of sp³-hybridized carbons (Fsp3) is 0.286. The predicted molar refractivity (Wildman–Crippen MR) is 54.1 cm³/mol. The molecule has 0 unspecified atom stereocenters. The van der Waals surface area contributed by atoms with Crippen LogP contribution >= 0.6 is 12.4 Å². The molecule has 0 radical (unpaired) electrons. The van der Waals surface area contributed by atoms with Gasteiger partial charge in [0.2, 0.25) is 0 Å². The number of pyridine rings is 1. The molecule has 0 amide bonds. The van der Waals surface area contributed by atoms with Gasteiger partial charge in [0.05, 0.1) is 4.90 Å². The number of hydrogen-bond acceptors (Lipinski definition) is 4. The third-order valence-electron chi connectivity index (χ3n) is 1.42. The Labute approximate surface area is 83.7 Å². The van der Waals surface area contributed by atoms with E-state index in [0.717, 1.165) is 6.26 Å². The van der Waals surface area contributed by atoms with Crippen molar-refractivity contribution in [3.05, 3.63) is 18.3 Å². The van der Waals surface area contributed by atoms with Gasteiger partial charge in [0.25, 0.3) is 0 Å². The molecular weight excluding hydrogens is 212 g/mol. The topological polar surface area (TPSA) is 59.1 Å². The van der Waals surface area contributed by atoms with Crippen LogP contribution in [0.3, 0.4) is 0 Å². The summed E-state index contributed by atoms with van der Waals surface area (Å²) in [6, 6.07) is 3.14. The summed E-state index contributed by atoms with van der Waals surface area (Å²) >= 11 is 0. The second kappa shape index (κ2) is 4.43. The van der Waals surface area contributed by atoms with Crippen molar-refractivity contribution in [1.29, 1.82) is 0 Å². The molecule has 1 N–H and O–H groups in total. The van der Waals surface area contributed by atoms with E-state index >= 15 is 0 Å². The van der Waals surface area contributed by atoms with Gasteiger partial charge in [-0.05, 0) is 12.1 Å². The van der Waals surface area contributed by atoms with Crippen LogP contribution in [0.5, 0.6) is 0 Å². The van der Waals surface area contributed by atoms with E-state index in [1.54, 1.807) is 13.1 Å². The van der Waals surface area contributed by atoms with Crippen molar-refractivity contribution in [3.63, 3.8) is 0 Å². The van der Waals surface area contributed by atoms with Gasteiger partial charge in [0.1, 0.15) is 5.82 Å². The normalized spacial score (nSPS) is 10.3. The van der Waals surface area contributed by atoms with Crippen LogP contribution < -0.4 is 5.32 Å². The molecule has 0 aromatic carbocycles. The van der Waals surface area contributed by atoms with E-state index in [9.17, 15) is 8.42 Å². The van der Waals surface area contributed by atoms with E-state index in [-0.39, 0.29) is 17.3 Å². The number of halogens is 1. The van der Waals surface area contributed by atoms with Crippen LogP contribution in [-0.2, 0) is 9.84 Å². The molecule has 0 aliphatic heterocycles. The largest absolute Gasteiger partial charge is 0.373 e. The third-order valence-corrected chi connectivity index (χ3v) is 2.52. The number of sulfone groups is 1. The van der Waals surface area contributed by atoms with E-state index < -0.39 is 9.84 Å². The lowest BCUT2D eigenvalue weighted by molar-refractivity contribution is 0.601. The minimum absolute atomic E-state index is 0. The summed E-state index contributed by atoms with van der Waals surface area (Å²) in [5.41, 5.74) is 0. The number of rotatable bonds is 2. The highest BCUT2D eigenvalue weighted by atomic mass is 35.5. The quantitative estimate of drug-likeness (QED) is 0.810. The van der Waals surface area contributed by atoms with E-state index in [4.69, 9.17) is 0 Å². The summed E-state index contributed by atoms with van der Waals surface area (Å²) in [7, 11) is -1.39. The number of aromatic nitrogens is 1. The van der Waals surface area contributed by atoms with Crippen molar-refractivity contribution in [2.24, 2.45) is 0 Å². The molecule has 1 aromatic rings. The maximum atomic E-state index is 11.0. The number of anilines is 1. The van der Waals surface area contributed by atoms with Crippen molar-refractivity contribution >= 4 is 28.1 Å². The lowest BCUT2D eigenvalue weighted by Crippen LogP contribution is -1.99. The van der Waals surface area contributed by atoms with E-state index in [1.807, 2.05) is 0 Å². The van der Waals surface area contributed by atoms with Gasteiger partial charge >= 0.3 is 0 Å². The van der Waals surface area contributed by atoms with Crippen LogP contribution in [0.25, 0.3) is 0 Å². The van der Waals surface area contributed by atoms with Crippen LogP contribution in [0.15, 0.2) is 23.2 Å². The Morgan fingerprint density at radius 1 is 1.38 bits per heavy atom. The first kappa shape index (κ1) is 12.2. The molecule has 1 rings (SSSR count). The lowest BCUT2D eigenvalue weighted by Gasteiger charge is -1.99. The lowest BCUT2D eigenvalue weighted by atomic mass is 10.5. The summed E-state index contributed by atoms with van der Waals surface area (Å²) in [4.78, 5) is 4.11. The molecule has 0 saturated heterocycles. The smallest absolute Gasteiger partial charge is 0.177 e. The standard InChI is InChI=1S/C7H10N2O2S.ClH/c1-8-7-4-3-6(5-9-7)12(2,10)11;/h3-5H,1-2H3,(H,8,9);1H. The zero-order valence-electron chi connectivity index (χ0n) is 7.31. The van der Waals surface area contributed by atoms with Gasteiger partial charge in [-0.2, -0.15) is 0 Å². The SMILES string of the molecule is CNc1ccc(S(C)(=O)=O)cn1.Cl. The van der Waals surface area contributed by atoms with Crippen LogP contribution in [0.2, 0.25) is 0 Å². The summed E-state index contributed by atoms with van der Waals surface area (Å²) < 4.78 is 21.9. The summed E-state index contributed by atoms with van der Waals surface area (Å²) in [5, 5.41) is 2.80. The fourth-order valence-corrected chi connectivity index (χ4v) is 1.31. The maximum Gasteiger partial charge on any atom is 0.177 e. The van der Waals surface area contributed by atoms with Gasteiger partial charge in [-0.1, -0.05) is 0 Å². The van der Waals surface area contributed by atoms with Gasteiger partial charge in [-0.25, -0.2) is 13.4 Å². The van der Waals surface area contributed by atoms with Gasteiger partial charge in [-0.15, -0.1) is 12.4 Å². The molecule has 13 heavy (non-hydrogen) atoms. The molecule has 0 fully saturated rings. The highest BCUT2D eigenvalue weighted by Gasteiger charge is 2.05. The van der Waals surface area contributed by atoms with E-state index in [1.165, 1.54) is 12.3 Å². The summed E-state index contributed by atoms with van der Waals surface area (Å²) in [6.07, 6.45) is 2.49. The first-order chi connectivity index (χ1) is 5.54. The molecule has 0 atom stereocenters. The van der Waals surface area contributed by atoms with Gasteiger partial charge < -0.3 is 5.32 Å². The zero-order chi connectivity index (χ0) is 9.19. The van der Waals surface area contributed by atoms with Crippen molar-refractivity contribution in [1.82, 2.24) is 4.98 Å². The Balaban J connectivity index is 0.00000144. The molecule has 0 saturated carbocycles. The first-order valence-corrected chi connectivity index (χ1v) is 5.27. The van der Waals surface area contributed by atoms with Crippen LogP contribution in [0.1, 0.15) is 0 Å². The zero-order valence-corrected chi connectivity index (χ0v) is 8.95. The Morgan fingerprint density at radius 2 is 2.00 bits per heavy atom. The number of nitrogens with one attached hydrogen (secondary N) is 1. The van der Waals surface area contributed by atoms with Crippen LogP contribution in [-0.4, -0.2) is 26.7 Å². The van der Waals surface area contributed by atoms with Crippen molar-refractivity contribution in [2.45, 2.75) is 4.90 Å². The minimum Gasteiger partial charge on any atom is -0.373 e. The van der Waals surface area contributed by atoms with Gasteiger partial charge in [0, 0.05) is 19.5 Å². The number of nitrogens with zero attached hydrogens (tertiary/aromatic N) is 1. The van der Waals surface area contributed by atoms with Gasteiger partial charge in [-0.3, -0.25) is 0 Å². The molecule has 6 heteroatoms. The van der Waals surface area contributed by atoms with Gasteiger partial charge in [0.15, 0.2) is 9.84 Å². The Hall–Kier alpha value is -0.810.